The number of hydrazone groups is 1. The summed E-state index contributed by atoms with van der Waals surface area (Å²) in [5, 5.41) is 12.0. The van der Waals surface area contributed by atoms with Crippen molar-refractivity contribution in [3.8, 4) is 0 Å². The molecule has 1 aliphatic heterocycles. The Morgan fingerprint density at radius 3 is 2.86 bits per heavy atom. The van der Waals surface area contributed by atoms with Gasteiger partial charge in [-0.15, -0.1) is 5.10 Å². The summed E-state index contributed by atoms with van der Waals surface area (Å²) in [5.74, 6) is 0.465. The van der Waals surface area contributed by atoms with Crippen molar-refractivity contribution in [3.05, 3.63) is 0 Å². The summed E-state index contributed by atoms with van der Waals surface area (Å²) in [5.41, 5.74) is 2.29. The van der Waals surface area contributed by atoms with E-state index in [0.29, 0.717) is 5.90 Å². The first-order valence-electron chi connectivity index (χ1n) is 1.93. The third kappa shape index (κ3) is 0.806. The molecule has 0 aromatic heterocycles. The van der Waals surface area contributed by atoms with Crippen molar-refractivity contribution < 1.29 is 9.84 Å². The minimum absolute atomic E-state index is 0.465. The fourth-order valence-corrected chi connectivity index (χ4v) is 0.360. The fraction of sp³-hybridized carbons (Fsp3) is 0.667. The smallest absolute Gasteiger partial charge is 0.295 e. The number of hydrogen-bond donors (Lipinski definition) is 2. The van der Waals surface area contributed by atoms with Gasteiger partial charge in [0.2, 0.25) is 5.90 Å². The summed E-state index contributed by atoms with van der Waals surface area (Å²) < 4.78 is 4.56. The predicted molar refractivity (Wildman–Crippen MR) is 23.3 cm³/mol. The van der Waals surface area contributed by atoms with Crippen LogP contribution in [0.2, 0.25) is 0 Å². The van der Waals surface area contributed by atoms with Crippen LogP contribution < -0.4 is 5.43 Å². The number of aliphatic hydroxyl groups excluding tert-OH is 1. The molecule has 4 nitrogen and oxygen atoms in total. The van der Waals surface area contributed by atoms with E-state index >= 15 is 0 Å². The van der Waals surface area contributed by atoms with E-state index in [1.54, 1.807) is 6.92 Å². The molecule has 40 valence electrons. The first kappa shape index (κ1) is 4.39. The number of nitrogens with zero attached hydrogens (tertiary/aromatic N) is 1. The van der Waals surface area contributed by atoms with Crippen LogP contribution in [0.15, 0.2) is 5.10 Å². The second-order valence-electron chi connectivity index (χ2n) is 1.23. The zero-order valence-electron chi connectivity index (χ0n) is 3.88. The van der Waals surface area contributed by atoms with Crippen molar-refractivity contribution in [2.45, 2.75) is 13.3 Å². The van der Waals surface area contributed by atoms with Crippen LogP contribution in [0.25, 0.3) is 0 Å². The predicted octanol–water partition coefficient (Wildman–Crippen LogP) is -0.784. The maximum absolute atomic E-state index is 8.45. The Balaban J connectivity index is 2.42. The molecule has 0 aliphatic carbocycles. The number of nitrogens with one attached hydrogen (secondary N) is 1. The molecule has 4 heteroatoms. The van der Waals surface area contributed by atoms with Gasteiger partial charge < -0.3 is 9.84 Å². The molecule has 0 bridgehead atoms. The summed E-state index contributed by atoms with van der Waals surface area (Å²) in [6.07, 6.45) is -0.931. The Kier molecular flexibility index (Phi) is 0.867. The summed E-state index contributed by atoms with van der Waals surface area (Å²) >= 11 is 0. The number of ether oxygens (including phenoxy) is 1. The molecular weight excluding hydrogens is 96.0 g/mol. The lowest BCUT2D eigenvalue weighted by Gasteiger charge is -1.97. The van der Waals surface area contributed by atoms with Crippen LogP contribution in [0.5, 0.6) is 0 Å². The maximum Gasteiger partial charge on any atom is 0.295 e. The average Bonchev–Trinajstić information content (AvgIpc) is 1.87. The maximum atomic E-state index is 8.45. The molecule has 2 N–H and O–H groups in total. The summed E-state index contributed by atoms with van der Waals surface area (Å²) in [4.78, 5) is 0. The van der Waals surface area contributed by atoms with Gasteiger partial charge in [-0.2, -0.15) is 0 Å². The van der Waals surface area contributed by atoms with Crippen LogP contribution >= 0.6 is 0 Å². The monoisotopic (exact) mass is 102 g/mol. The van der Waals surface area contributed by atoms with Crippen molar-refractivity contribution in [1.29, 1.82) is 0 Å². The Labute approximate surface area is 40.8 Å². The standard InChI is InChI=1S/C3H6N2O2/c1-2-4-5-3(6)7-2/h3,5-6H,1H3. The molecule has 0 aromatic rings. The second kappa shape index (κ2) is 1.38. The van der Waals surface area contributed by atoms with E-state index in [2.05, 4.69) is 15.3 Å². The van der Waals surface area contributed by atoms with Gasteiger partial charge in [-0.05, 0) is 0 Å². The van der Waals surface area contributed by atoms with E-state index in [1.807, 2.05) is 0 Å². The van der Waals surface area contributed by atoms with Crippen molar-refractivity contribution >= 4 is 5.90 Å². The molecule has 1 aliphatic rings. The van der Waals surface area contributed by atoms with Gasteiger partial charge in [-0.25, -0.2) is 5.43 Å². The number of rotatable bonds is 0. The van der Waals surface area contributed by atoms with Crippen molar-refractivity contribution in [1.82, 2.24) is 5.43 Å². The van der Waals surface area contributed by atoms with Gasteiger partial charge in [0.05, 0.1) is 0 Å². The molecule has 1 atom stereocenters. The van der Waals surface area contributed by atoms with Crippen LogP contribution in [0, 0.1) is 0 Å². The minimum atomic E-state index is -0.931. The van der Waals surface area contributed by atoms with E-state index in [0.717, 1.165) is 0 Å². The molecule has 0 aromatic carbocycles. The average molecular weight is 102 g/mol. The van der Waals surface area contributed by atoms with Crippen LogP contribution in [-0.4, -0.2) is 17.4 Å². The number of hydrogen-bond acceptors (Lipinski definition) is 4. The third-order valence-electron chi connectivity index (χ3n) is 0.615. The molecule has 0 fully saturated rings. The quantitative estimate of drug-likeness (QED) is 0.421. The van der Waals surface area contributed by atoms with Crippen LogP contribution in [0.4, 0.5) is 0 Å². The van der Waals surface area contributed by atoms with Gasteiger partial charge in [0.25, 0.3) is 6.41 Å². The molecule has 0 spiro atoms. The third-order valence-corrected chi connectivity index (χ3v) is 0.615. The summed E-state index contributed by atoms with van der Waals surface area (Å²) in [6.45, 7) is 1.66. The minimum Gasteiger partial charge on any atom is -0.431 e. The highest BCUT2D eigenvalue weighted by Gasteiger charge is 2.09. The Morgan fingerprint density at radius 1 is 2.00 bits per heavy atom. The second-order valence-corrected chi connectivity index (χ2v) is 1.23. The van der Waals surface area contributed by atoms with E-state index in [9.17, 15) is 0 Å². The van der Waals surface area contributed by atoms with Gasteiger partial charge in [-0.3, -0.25) is 0 Å². The van der Waals surface area contributed by atoms with Crippen LogP contribution in [-0.2, 0) is 4.74 Å². The molecule has 0 radical (unpaired) electrons. The van der Waals surface area contributed by atoms with E-state index < -0.39 is 6.41 Å². The van der Waals surface area contributed by atoms with E-state index in [-0.39, 0.29) is 0 Å². The Hall–Kier alpha value is -0.770. The zero-order chi connectivity index (χ0) is 5.28. The molecule has 0 saturated heterocycles. The topological polar surface area (TPSA) is 53.9 Å². The van der Waals surface area contributed by atoms with E-state index in [4.69, 9.17) is 5.11 Å². The van der Waals surface area contributed by atoms with Crippen LogP contribution in [0.3, 0.4) is 0 Å². The van der Waals surface area contributed by atoms with Crippen molar-refractivity contribution in [3.63, 3.8) is 0 Å². The van der Waals surface area contributed by atoms with Gasteiger partial charge in [-0.1, -0.05) is 0 Å². The summed E-state index contributed by atoms with van der Waals surface area (Å²) in [6, 6.07) is 0. The molecule has 0 saturated carbocycles. The van der Waals surface area contributed by atoms with Gasteiger partial charge in [0.15, 0.2) is 0 Å². The zero-order valence-corrected chi connectivity index (χ0v) is 3.88. The lowest BCUT2D eigenvalue weighted by molar-refractivity contribution is -0.0338. The number of aliphatic hydroxyl groups is 1. The Bertz CT molecular complexity index is 101. The first-order valence-corrected chi connectivity index (χ1v) is 1.93. The molecule has 0 amide bonds. The highest BCUT2D eigenvalue weighted by atomic mass is 16.6. The van der Waals surface area contributed by atoms with Gasteiger partial charge in [0.1, 0.15) is 0 Å². The molecule has 1 heterocycles. The largest absolute Gasteiger partial charge is 0.431 e. The molecule has 1 unspecified atom stereocenters. The molecule has 1 rings (SSSR count). The van der Waals surface area contributed by atoms with Crippen molar-refractivity contribution in [2.24, 2.45) is 5.10 Å². The summed E-state index contributed by atoms with van der Waals surface area (Å²) in [7, 11) is 0. The highest BCUT2D eigenvalue weighted by molar-refractivity contribution is 5.73. The first-order chi connectivity index (χ1) is 3.29. The molecule has 7 heavy (non-hydrogen) atoms. The lowest BCUT2D eigenvalue weighted by atomic mass is 10.8. The van der Waals surface area contributed by atoms with Crippen LogP contribution in [0.1, 0.15) is 6.92 Å². The lowest BCUT2D eigenvalue weighted by Crippen LogP contribution is -2.19. The van der Waals surface area contributed by atoms with Gasteiger partial charge >= 0.3 is 0 Å². The van der Waals surface area contributed by atoms with Gasteiger partial charge in [0, 0.05) is 6.92 Å². The fourth-order valence-electron chi connectivity index (χ4n) is 0.360. The normalized spacial score (nSPS) is 28.3. The molecular formula is C3H6N2O2. The van der Waals surface area contributed by atoms with E-state index in [1.165, 1.54) is 0 Å². The SMILES string of the molecule is CC1=NNC(O)O1. The highest BCUT2D eigenvalue weighted by Crippen LogP contribution is 1.91. The van der Waals surface area contributed by atoms with Crippen molar-refractivity contribution in [2.75, 3.05) is 0 Å². The Morgan fingerprint density at radius 2 is 2.71 bits per heavy atom.